The van der Waals surface area contributed by atoms with Gasteiger partial charge in [0.15, 0.2) is 11.9 Å². The first-order valence-corrected chi connectivity index (χ1v) is 9.16. The SMILES string of the molecule is C=C(C)C1CCC23OC2C(CC2(C)OC2c2cc(C=O)c(o2)C1)OC3=O. The number of esters is 1. The smallest absolute Gasteiger partial charge is 0.341 e. The average molecular weight is 358 g/mol. The molecule has 0 spiro atoms. The van der Waals surface area contributed by atoms with Crippen molar-refractivity contribution in [2.75, 3.05) is 0 Å². The summed E-state index contributed by atoms with van der Waals surface area (Å²) in [6, 6.07) is 1.78. The van der Waals surface area contributed by atoms with Gasteiger partial charge in [0.25, 0.3) is 0 Å². The highest BCUT2D eigenvalue weighted by atomic mass is 16.7. The Labute approximate surface area is 151 Å². The van der Waals surface area contributed by atoms with Crippen LogP contribution in [0.1, 0.15) is 61.1 Å². The fourth-order valence-electron chi connectivity index (χ4n) is 4.62. The van der Waals surface area contributed by atoms with Gasteiger partial charge in [-0.2, -0.15) is 0 Å². The summed E-state index contributed by atoms with van der Waals surface area (Å²) >= 11 is 0. The van der Waals surface area contributed by atoms with Gasteiger partial charge in [-0.1, -0.05) is 12.2 Å². The third-order valence-electron chi connectivity index (χ3n) is 6.41. The molecule has 0 N–H and O–H groups in total. The van der Waals surface area contributed by atoms with Crippen molar-refractivity contribution in [3.8, 4) is 0 Å². The van der Waals surface area contributed by atoms with Gasteiger partial charge in [-0.25, -0.2) is 4.79 Å². The van der Waals surface area contributed by atoms with Gasteiger partial charge in [0.05, 0.1) is 5.56 Å². The molecule has 1 aromatic heterocycles. The number of rotatable bonds is 2. The molecule has 0 amide bonds. The number of epoxide rings is 2. The minimum atomic E-state index is -0.797. The topological polar surface area (TPSA) is 81.6 Å². The Morgan fingerprint density at radius 1 is 1.38 bits per heavy atom. The minimum Gasteiger partial charge on any atom is -0.462 e. The Morgan fingerprint density at radius 2 is 2.19 bits per heavy atom. The molecule has 0 radical (unpaired) electrons. The lowest BCUT2D eigenvalue weighted by atomic mass is 9.86. The van der Waals surface area contributed by atoms with Gasteiger partial charge in [-0.3, -0.25) is 4.79 Å². The van der Waals surface area contributed by atoms with Crippen molar-refractivity contribution in [2.24, 2.45) is 5.92 Å². The molecular formula is C20H22O6. The van der Waals surface area contributed by atoms with Crippen molar-refractivity contribution in [3.63, 3.8) is 0 Å². The summed E-state index contributed by atoms with van der Waals surface area (Å²) in [5.41, 5.74) is 0.298. The van der Waals surface area contributed by atoms with Crippen LogP contribution >= 0.6 is 0 Å². The van der Waals surface area contributed by atoms with E-state index in [1.54, 1.807) is 6.07 Å². The molecule has 3 fully saturated rings. The van der Waals surface area contributed by atoms with E-state index >= 15 is 0 Å². The monoisotopic (exact) mass is 358 g/mol. The van der Waals surface area contributed by atoms with E-state index in [-0.39, 0.29) is 30.2 Å². The summed E-state index contributed by atoms with van der Waals surface area (Å²) in [4.78, 5) is 23.9. The summed E-state index contributed by atoms with van der Waals surface area (Å²) < 4.78 is 23.4. The molecule has 4 aliphatic heterocycles. The molecule has 0 aromatic carbocycles. The van der Waals surface area contributed by atoms with Crippen LogP contribution in [0.15, 0.2) is 22.6 Å². The lowest BCUT2D eigenvalue weighted by molar-refractivity contribution is -0.154. The van der Waals surface area contributed by atoms with Crippen molar-refractivity contribution in [1.29, 1.82) is 0 Å². The zero-order chi connectivity index (χ0) is 18.3. The highest BCUT2D eigenvalue weighted by Crippen LogP contribution is 2.58. The quantitative estimate of drug-likeness (QED) is 0.350. The van der Waals surface area contributed by atoms with Crippen LogP contribution in [-0.4, -0.2) is 35.7 Å². The summed E-state index contributed by atoms with van der Waals surface area (Å²) in [5, 5.41) is 0. The van der Waals surface area contributed by atoms with Crippen LogP contribution in [0.5, 0.6) is 0 Å². The van der Waals surface area contributed by atoms with E-state index in [1.165, 1.54) is 0 Å². The van der Waals surface area contributed by atoms with Gasteiger partial charge in [0, 0.05) is 12.8 Å². The summed E-state index contributed by atoms with van der Waals surface area (Å²) in [7, 11) is 0. The third kappa shape index (κ3) is 2.18. The Balaban J connectivity index is 1.53. The highest BCUT2D eigenvalue weighted by Gasteiger charge is 2.74. The van der Waals surface area contributed by atoms with Crippen LogP contribution in [0, 0.1) is 5.92 Å². The van der Waals surface area contributed by atoms with Crippen LogP contribution < -0.4 is 0 Å². The molecule has 6 heteroatoms. The molecule has 0 aliphatic carbocycles. The normalized spacial score (nSPS) is 43.1. The number of fused-ring (bicyclic) bond motifs is 4. The predicted octanol–water partition coefficient (Wildman–Crippen LogP) is 2.90. The molecule has 0 saturated carbocycles. The molecular weight excluding hydrogens is 336 g/mol. The van der Waals surface area contributed by atoms with E-state index in [9.17, 15) is 9.59 Å². The van der Waals surface area contributed by atoms with E-state index in [2.05, 4.69) is 6.58 Å². The van der Waals surface area contributed by atoms with E-state index in [0.29, 0.717) is 36.3 Å². The lowest BCUT2D eigenvalue weighted by Crippen LogP contribution is -2.24. The largest absolute Gasteiger partial charge is 0.462 e. The van der Waals surface area contributed by atoms with Crippen LogP contribution in [0.25, 0.3) is 0 Å². The van der Waals surface area contributed by atoms with Crippen molar-refractivity contribution >= 4 is 12.3 Å². The fourth-order valence-corrected chi connectivity index (χ4v) is 4.62. The molecule has 5 heterocycles. The standard InChI is InChI=1S/C20H22O6/c1-10(2)11-4-5-20-17(26-20)15(24-18(20)22)8-19(3)16(25-19)14-7-12(9-21)13(6-11)23-14/h7,9,11,15-17H,1,4-6,8H2,2-3H3. The number of hydrogen-bond acceptors (Lipinski definition) is 6. The van der Waals surface area contributed by atoms with E-state index in [1.807, 2.05) is 13.8 Å². The van der Waals surface area contributed by atoms with E-state index < -0.39 is 11.2 Å². The van der Waals surface area contributed by atoms with Crippen LogP contribution in [-0.2, 0) is 25.4 Å². The summed E-state index contributed by atoms with van der Waals surface area (Å²) in [5.74, 6) is 1.18. The Morgan fingerprint density at radius 3 is 2.88 bits per heavy atom. The van der Waals surface area contributed by atoms with Crippen LogP contribution in [0.3, 0.4) is 0 Å². The van der Waals surface area contributed by atoms with E-state index in [0.717, 1.165) is 18.3 Å². The van der Waals surface area contributed by atoms with Gasteiger partial charge >= 0.3 is 5.97 Å². The molecule has 6 nitrogen and oxygen atoms in total. The zero-order valence-electron chi connectivity index (χ0n) is 14.9. The number of carbonyl (C=O) groups excluding carboxylic acids is 2. The minimum absolute atomic E-state index is 0.103. The number of ether oxygens (including phenoxy) is 3. The summed E-state index contributed by atoms with van der Waals surface area (Å²) in [6.45, 7) is 8.03. The molecule has 5 rings (SSSR count). The predicted molar refractivity (Wildman–Crippen MR) is 89.7 cm³/mol. The Bertz CT molecular complexity index is 824. The molecule has 4 aliphatic rings. The average Bonchev–Trinajstić information content (AvgIpc) is 3.40. The first-order valence-electron chi connectivity index (χ1n) is 9.16. The Kier molecular flexibility index (Phi) is 3.18. The molecule has 3 saturated heterocycles. The number of carbonyl (C=O) groups is 2. The van der Waals surface area contributed by atoms with Crippen molar-refractivity contribution in [1.82, 2.24) is 0 Å². The first kappa shape index (κ1) is 16.3. The lowest BCUT2D eigenvalue weighted by Gasteiger charge is -2.18. The molecule has 4 bridgehead atoms. The first-order chi connectivity index (χ1) is 12.4. The second kappa shape index (κ2) is 5.08. The number of furan rings is 1. The number of hydrogen-bond donors (Lipinski definition) is 0. The molecule has 26 heavy (non-hydrogen) atoms. The molecule has 138 valence electrons. The Hall–Kier alpha value is -1.92. The van der Waals surface area contributed by atoms with E-state index in [4.69, 9.17) is 18.6 Å². The van der Waals surface area contributed by atoms with Gasteiger partial charge < -0.3 is 18.6 Å². The zero-order valence-corrected chi connectivity index (χ0v) is 14.9. The maximum atomic E-state index is 12.4. The highest BCUT2D eigenvalue weighted by molar-refractivity contribution is 5.86. The number of aldehydes is 1. The maximum absolute atomic E-state index is 12.4. The van der Waals surface area contributed by atoms with Gasteiger partial charge in [0.2, 0.25) is 0 Å². The molecule has 6 unspecified atom stereocenters. The summed E-state index contributed by atoms with van der Waals surface area (Å²) in [6.07, 6.45) is 2.60. The second-order valence-corrected chi connectivity index (χ2v) is 8.32. The van der Waals surface area contributed by atoms with Crippen molar-refractivity contribution < 1.29 is 28.2 Å². The second-order valence-electron chi connectivity index (χ2n) is 8.32. The van der Waals surface area contributed by atoms with Crippen molar-refractivity contribution in [2.45, 2.75) is 69.0 Å². The molecule has 1 aromatic rings. The fraction of sp³-hybridized carbons (Fsp3) is 0.600. The van der Waals surface area contributed by atoms with Gasteiger partial charge in [-0.05, 0) is 38.7 Å². The number of allylic oxidation sites excluding steroid dienone is 1. The molecule has 6 atom stereocenters. The maximum Gasteiger partial charge on any atom is 0.341 e. The third-order valence-corrected chi connectivity index (χ3v) is 6.41. The van der Waals surface area contributed by atoms with Crippen molar-refractivity contribution in [3.05, 3.63) is 35.3 Å². The van der Waals surface area contributed by atoms with Gasteiger partial charge in [-0.15, -0.1) is 0 Å². The van der Waals surface area contributed by atoms with Gasteiger partial charge in [0.1, 0.15) is 35.4 Å². The van der Waals surface area contributed by atoms with Crippen LogP contribution in [0.4, 0.5) is 0 Å². The van der Waals surface area contributed by atoms with Crippen LogP contribution in [0.2, 0.25) is 0 Å².